The van der Waals surface area contributed by atoms with Crippen molar-refractivity contribution < 1.29 is 19.8 Å². The zero-order chi connectivity index (χ0) is 31.9. The van der Waals surface area contributed by atoms with Gasteiger partial charge in [-0.05, 0) is 79.3 Å². The van der Waals surface area contributed by atoms with Crippen LogP contribution in [-0.2, 0) is 39.5 Å². The van der Waals surface area contributed by atoms with Gasteiger partial charge >= 0.3 is 6.03 Å². The largest absolute Gasteiger partial charge is 0.507 e. The first-order chi connectivity index (χ1) is 18.4. The van der Waals surface area contributed by atoms with Gasteiger partial charge in [0, 0.05) is 20.0 Å². The first kappa shape index (κ1) is 34.2. The fourth-order valence-corrected chi connectivity index (χ4v) is 5.04. The molecular weight excluding hydrogens is 512 g/mol. The molecule has 0 aromatic heterocycles. The van der Waals surface area contributed by atoms with Gasteiger partial charge in [0.25, 0.3) is 0 Å². The van der Waals surface area contributed by atoms with E-state index < -0.39 is 0 Å². The highest BCUT2D eigenvalue weighted by molar-refractivity contribution is 5.94. The summed E-state index contributed by atoms with van der Waals surface area (Å²) >= 11 is 0. The molecule has 2 N–H and O–H groups in total. The predicted octanol–water partition coefficient (Wildman–Crippen LogP) is 8.28. The van der Waals surface area contributed by atoms with Crippen molar-refractivity contribution in [1.82, 2.24) is 9.80 Å². The highest BCUT2D eigenvalue weighted by atomic mass is 16.3. The summed E-state index contributed by atoms with van der Waals surface area (Å²) in [6.45, 7) is 26.8. The highest BCUT2D eigenvalue weighted by Gasteiger charge is 2.31. The Kier molecular flexibility index (Phi) is 9.75. The van der Waals surface area contributed by atoms with Gasteiger partial charge in [0.2, 0.25) is 5.91 Å². The summed E-state index contributed by atoms with van der Waals surface area (Å²) < 4.78 is 0. The zero-order valence-corrected chi connectivity index (χ0v) is 28.0. The SMILES string of the molecule is CCC(=O)N(Cc1cc(C(C)(C)C)c(O)c(C(C)(C)C)c1)C(=O)N(C)Cc1cc(C(C)(C)C)c(O)c(C(C)(C)C)c1. The van der Waals surface area contributed by atoms with E-state index in [1.54, 1.807) is 18.9 Å². The van der Waals surface area contributed by atoms with Crippen LogP contribution in [0.4, 0.5) is 4.79 Å². The molecule has 0 aliphatic heterocycles. The second kappa shape index (κ2) is 11.7. The molecule has 0 fully saturated rings. The number of aromatic hydroxyl groups is 2. The number of phenols is 2. The van der Waals surface area contributed by atoms with Gasteiger partial charge in [0.15, 0.2) is 0 Å². The molecule has 0 aliphatic carbocycles. The number of urea groups is 1. The zero-order valence-electron chi connectivity index (χ0n) is 28.0. The van der Waals surface area contributed by atoms with Crippen LogP contribution in [0.25, 0.3) is 0 Å². The molecular formula is C35H54N2O4. The van der Waals surface area contributed by atoms with E-state index in [2.05, 4.69) is 41.5 Å². The van der Waals surface area contributed by atoms with E-state index in [9.17, 15) is 19.8 Å². The number of imide groups is 1. The Labute approximate surface area is 248 Å². The molecule has 0 unspecified atom stereocenters. The van der Waals surface area contributed by atoms with Gasteiger partial charge in [-0.25, -0.2) is 4.79 Å². The third kappa shape index (κ3) is 8.05. The predicted molar refractivity (Wildman–Crippen MR) is 169 cm³/mol. The quantitative estimate of drug-likeness (QED) is 0.382. The summed E-state index contributed by atoms with van der Waals surface area (Å²) in [5, 5.41) is 22.3. The summed E-state index contributed by atoms with van der Waals surface area (Å²) in [4.78, 5) is 29.9. The van der Waals surface area contributed by atoms with Crippen LogP contribution in [-0.4, -0.2) is 39.0 Å². The molecule has 0 bridgehead atoms. The van der Waals surface area contributed by atoms with Crippen LogP contribution < -0.4 is 0 Å². The van der Waals surface area contributed by atoms with Crippen LogP contribution in [0.3, 0.4) is 0 Å². The Balaban J connectivity index is 2.55. The number of carbonyl (C=O) groups is 2. The number of benzene rings is 2. The van der Waals surface area contributed by atoms with Crippen LogP contribution in [0.2, 0.25) is 0 Å². The third-order valence-electron chi connectivity index (χ3n) is 7.49. The molecule has 6 nitrogen and oxygen atoms in total. The molecule has 0 radical (unpaired) electrons. The Hall–Kier alpha value is -3.02. The second-order valence-corrected chi connectivity index (χ2v) is 15.6. The maximum atomic E-state index is 13.8. The lowest BCUT2D eigenvalue weighted by molar-refractivity contribution is -0.128. The molecule has 3 amide bonds. The number of nitrogens with zero attached hydrogens (tertiary/aromatic N) is 2. The summed E-state index contributed by atoms with van der Waals surface area (Å²) in [5.74, 6) is 0.297. The fourth-order valence-electron chi connectivity index (χ4n) is 5.04. The Morgan fingerprint density at radius 1 is 0.610 bits per heavy atom. The van der Waals surface area contributed by atoms with Crippen molar-refractivity contribution in [3.8, 4) is 11.5 Å². The summed E-state index contributed by atoms with van der Waals surface area (Å²) in [6, 6.07) is 7.37. The molecule has 0 aliphatic rings. The number of amides is 3. The molecule has 0 spiro atoms. The summed E-state index contributed by atoms with van der Waals surface area (Å²) in [5.41, 5.74) is 3.71. The summed E-state index contributed by atoms with van der Waals surface area (Å²) in [7, 11) is 1.71. The minimum absolute atomic E-state index is 0.109. The fraction of sp³-hybridized carbons (Fsp3) is 0.600. The average molecular weight is 567 g/mol. The monoisotopic (exact) mass is 566 g/mol. The van der Waals surface area contributed by atoms with Crippen LogP contribution in [0.1, 0.15) is 130 Å². The maximum Gasteiger partial charge on any atom is 0.327 e. The summed E-state index contributed by atoms with van der Waals surface area (Å²) in [6.07, 6.45) is 0.192. The molecule has 0 saturated carbocycles. The van der Waals surface area contributed by atoms with Crippen molar-refractivity contribution in [3.05, 3.63) is 57.6 Å². The van der Waals surface area contributed by atoms with Crippen LogP contribution in [0, 0.1) is 0 Å². The normalized spacial score (nSPS) is 12.8. The number of carbonyl (C=O) groups excluding carboxylic acids is 2. The minimum Gasteiger partial charge on any atom is -0.507 e. The number of hydrogen-bond acceptors (Lipinski definition) is 4. The molecule has 2 aromatic carbocycles. The van der Waals surface area contributed by atoms with Crippen molar-refractivity contribution in [3.63, 3.8) is 0 Å². The van der Waals surface area contributed by atoms with Gasteiger partial charge in [0.05, 0.1) is 6.54 Å². The molecule has 228 valence electrons. The lowest BCUT2D eigenvalue weighted by Gasteiger charge is -2.31. The van der Waals surface area contributed by atoms with Crippen molar-refractivity contribution in [2.75, 3.05) is 7.05 Å². The van der Waals surface area contributed by atoms with E-state index in [-0.39, 0.29) is 58.9 Å². The molecule has 6 heteroatoms. The highest BCUT2D eigenvalue weighted by Crippen LogP contribution is 2.41. The number of rotatable bonds is 5. The van der Waals surface area contributed by atoms with E-state index in [1.165, 1.54) is 4.90 Å². The lowest BCUT2D eigenvalue weighted by Crippen LogP contribution is -2.43. The molecule has 41 heavy (non-hydrogen) atoms. The number of phenolic OH excluding ortho intramolecular Hbond substituents is 2. The molecule has 0 saturated heterocycles. The molecule has 0 atom stereocenters. The van der Waals surface area contributed by atoms with E-state index in [0.29, 0.717) is 5.75 Å². The molecule has 2 aromatic rings. The first-order valence-electron chi connectivity index (χ1n) is 14.7. The van der Waals surface area contributed by atoms with Gasteiger partial charge in [-0.1, -0.05) is 90.0 Å². The van der Waals surface area contributed by atoms with Crippen molar-refractivity contribution >= 4 is 11.9 Å². The van der Waals surface area contributed by atoms with Crippen LogP contribution in [0.15, 0.2) is 24.3 Å². The van der Waals surface area contributed by atoms with Gasteiger partial charge in [0.1, 0.15) is 11.5 Å². The number of hydrogen-bond donors (Lipinski definition) is 2. The van der Waals surface area contributed by atoms with E-state index in [4.69, 9.17) is 0 Å². The van der Waals surface area contributed by atoms with Crippen molar-refractivity contribution in [2.45, 2.75) is 131 Å². The van der Waals surface area contributed by atoms with Gasteiger partial charge in [-0.3, -0.25) is 9.69 Å². The van der Waals surface area contributed by atoms with Crippen molar-refractivity contribution in [2.24, 2.45) is 0 Å². The van der Waals surface area contributed by atoms with E-state index in [1.807, 2.05) is 65.8 Å². The topological polar surface area (TPSA) is 81.1 Å². The Morgan fingerprint density at radius 3 is 1.17 bits per heavy atom. The van der Waals surface area contributed by atoms with E-state index in [0.717, 1.165) is 33.4 Å². The van der Waals surface area contributed by atoms with Gasteiger partial charge in [-0.15, -0.1) is 0 Å². The molecule has 0 heterocycles. The van der Waals surface area contributed by atoms with Crippen molar-refractivity contribution in [1.29, 1.82) is 0 Å². The van der Waals surface area contributed by atoms with Gasteiger partial charge < -0.3 is 15.1 Å². The molecule has 2 rings (SSSR count). The average Bonchev–Trinajstić information content (AvgIpc) is 2.80. The maximum absolute atomic E-state index is 13.8. The third-order valence-corrected chi connectivity index (χ3v) is 7.49. The van der Waals surface area contributed by atoms with E-state index >= 15 is 0 Å². The smallest absolute Gasteiger partial charge is 0.327 e. The minimum atomic E-state index is -0.387. The standard InChI is InChI=1S/C35H54N2O4/c1-15-28(38)37(21-23-18-26(34(8,9)10)30(40)27(19-23)35(11,12)13)31(41)36(14)20-22-16-24(32(2,3)4)29(39)25(17-22)33(5,6)7/h16-19,39-40H,15,20-21H2,1-14H3. The van der Waals surface area contributed by atoms with Crippen LogP contribution >= 0.6 is 0 Å². The Morgan fingerprint density at radius 2 is 0.902 bits per heavy atom. The second-order valence-electron chi connectivity index (χ2n) is 15.6. The van der Waals surface area contributed by atoms with Crippen LogP contribution in [0.5, 0.6) is 11.5 Å². The Bertz CT molecular complexity index is 1210. The first-order valence-corrected chi connectivity index (χ1v) is 14.7. The van der Waals surface area contributed by atoms with Gasteiger partial charge in [-0.2, -0.15) is 0 Å². The lowest BCUT2D eigenvalue weighted by atomic mass is 9.78.